The van der Waals surface area contributed by atoms with Gasteiger partial charge in [0.1, 0.15) is 0 Å². The van der Waals surface area contributed by atoms with Crippen molar-refractivity contribution in [1.29, 1.82) is 0 Å². The summed E-state index contributed by atoms with van der Waals surface area (Å²) in [6.45, 7) is 4.86. The minimum atomic E-state index is 0. The van der Waals surface area contributed by atoms with E-state index in [1.54, 1.807) is 12.4 Å². The number of nitrogens with two attached hydrogens (primary N) is 1. The molecule has 0 radical (unpaired) electrons. The smallest absolute Gasteiger partial charge is 0.0676 e. The number of nitrogens with zero attached hydrogens (tertiary/aromatic N) is 4. The minimum absolute atomic E-state index is 0. The molecule has 2 aromatic heterocycles. The lowest BCUT2D eigenvalue weighted by Gasteiger charge is -2.15. The molecular formula is C20H24ClN5. The summed E-state index contributed by atoms with van der Waals surface area (Å²) in [4.78, 5) is 6.50. The molecule has 1 aromatic carbocycles. The van der Waals surface area contributed by atoms with Crippen molar-refractivity contribution < 1.29 is 0 Å². The molecule has 1 aliphatic rings. The zero-order valence-corrected chi connectivity index (χ0v) is 15.6. The van der Waals surface area contributed by atoms with Crippen molar-refractivity contribution in [2.24, 2.45) is 5.73 Å². The molecule has 1 saturated heterocycles. The Balaban J connectivity index is 0.00000196. The van der Waals surface area contributed by atoms with E-state index in [9.17, 15) is 0 Å². The first kappa shape index (κ1) is 18.6. The van der Waals surface area contributed by atoms with E-state index in [-0.39, 0.29) is 18.4 Å². The van der Waals surface area contributed by atoms with Crippen molar-refractivity contribution >= 4 is 12.4 Å². The number of likely N-dealkylation sites (tertiary alicyclic amines) is 1. The molecule has 2 N–H and O–H groups in total. The summed E-state index contributed by atoms with van der Waals surface area (Å²) in [6, 6.07) is 14.7. The maximum Gasteiger partial charge on any atom is 0.0676 e. The van der Waals surface area contributed by atoms with Crippen molar-refractivity contribution in [1.82, 2.24) is 19.7 Å². The van der Waals surface area contributed by atoms with E-state index in [0.29, 0.717) is 5.92 Å². The van der Waals surface area contributed by atoms with Crippen LogP contribution in [0.25, 0.3) is 5.69 Å². The van der Waals surface area contributed by atoms with Crippen LogP contribution >= 0.6 is 12.4 Å². The summed E-state index contributed by atoms with van der Waals surface area (Å²) < 4.78 is 1.93. The van der Waals surface area contributed by atoms with Gasteiger partial charge in [-0.25, -0.2) is 4.68 Å². The Kier molecular flexibility index (Phi) is 5.71. The molecular weight excluding hydrogens is 346 g/mol. The van der Waals surface area contributed by atoms with Crippen molar-refractivity contribution in [3.8, 4) is 5.69 Å². The van der Waals surface area contributed by atoms with E-state index in [0.717, 1.165) is 31.0 Å². The maximum atomic E-state index is 6.42. The van der Waals surface area contributed by atoms with Crippen LogP contribution in [-0.4, -0.2) is 38.8 Å². The van der Waals surface area contributed by atoms with Gasteiger partial charge >= 0.3 is 0 Å². The van der Waals surface area contributed by atoms with Gasteiger partial charge in [0.15, 0.2) is 0 Å². The van der Waals surface area contributed by atoms with Gasteiger partial charge in [0.05, 0.1) is 11.4 Å². The fraction of sp³-hybridized carbons (Fsp3) is 0.300. The quantitative estimate of drug-likeness (QED) is 0.768. The molecule has 136 valence electrons. The Hall–Kier alpha value is -2.21. The molecule has 0 saturated carbocycles. The molecule has 0 bridgehead atoms. The maximum absolute atomic E-state index is 6.42. The number of hydrogen-bond acceptors (Lipinski definition) is 4. The molecule has 26 heavy (non-hydrogen) atoms. The van der Waals surface area contributed by atoms with Crippen LogP contribution in [0.15, 0.2) is 61.1 Å². The highest BCUT2D eigenvalue weighted by atomic mass is 35.5. The first-order chi connectivity index (χ1) is 12.2. The Bertz CT molecular complexity index is 834. The van der Waals surface area contributed by atoms with Crippen LogP contribution in [0, 0.1) is 6.92 Å². The fourth-order valence-corrected chi connectivity index (χ4v) is 3.62. The molecule has 0 unspecified atom stereocenters. The molecule has 3 heterocycles. The van der Waals surface area contributed by atoms with Crippen molar-refractivity contribution in [2.45, 2.75) is 25.4 Å². The van der Waals surface area contributed by atoms with E-state index >= 15 is 0 Å². The van der Waals surface area contributed by atoms with Gasteiger partial charge in [-0.05, 0) is 24.6 Å². The van der Waals surface area contributed by atoms with Gasteiger partial charge in [0, 0.05) is 55.7 Å². The third-order valence-electron chi connectivity index (χ3n) is 4.99. The molecule has 6 heteroatoms. The molecule has 1 aliphatic heterocycles. The first-order valence-corrected chi connectivity index (χ1v) is 8.69. The average Bonchev–Trinajstić information content (AvgIpc) is 3.19. The predicted molar refractivity (Wildman–Crippen MR) is 106 cm³/mol. The van der Waals surface area contributed by atoms with Gasteiger partial charge in [-0.3, -0.25) is 9.88 Å². The first-order valence-electron chi connectivity index (χ1n) is 8.69. The molecule has 0 aliphatic carbocycles. The SMILES string of the molecule is Cc1nn(-c2ccncc2)cc1CN1C[C@@H](N)[C@H](c2ccccc2)C1.Cl. The highest BCUT2D eigenvalue weighted by Crippen LogP contribution is 2.27. The van der Waals surface area contributed by atoms with Gasteiger partial charge in [0.2, 0.25) is 0 Å². The van der Waals surface area contributed by atoms with Crippen LogP contribution in [0.3, 0.4) is 0 Å². The number of pyridine rings is 1. The second-order valence-corrected chi connectivity index (χ2v) is 6.76. The van der Waals surface area contributed by atoms with Gasteiger partial charge in [-0.15, -0.1) is 12.4 Å². The predicted octanol–water partition coefficient (Wildman–Crippen LogP) is 2.92. The van der Waals surface area contributed by atoms with Gasteiger partial charge in [-0.1, -0.05) is 30.3 Å². The van der Waals surface area contributed by atoms with E-state index in [4.69, 9.17) is 5.73 Å². The van der Waals surface area contributed by atoms with Crippen LogP contribution < -0.4 is 5.73 Å². The molecule has 5 nitrogen and oxygen atoms in total. The number of aryl methyl sites for hydroxylation is 1. The van der Waals surface area contributed by atoms with E-state index in [1.165, 1.54) is 11.1 Å². The van der Waals surface area contributed by atoms with Crippen LogP contribution in [0.2, 0.25) is 0 Å². The standard InChI is InChI=1S/C20H23N5.ClH/c1-15-17(12-25(23-15)18-7-9-22-10-8-18)11-24-13-19(20(21)14-24)16-5-3-2-4-6-16;/h2-10,12,19-20H,11,13-14,21H2,1H3;1H/t19-,20+;/m0./s1. The van der Waals surface area contributed by atoms with Gasteiger partial charge in [-0.2, -0.15) is 5.10 Å². The van der Waals surface area contributed by atoms with Crippen LogP contribution in [-0.2, 0) is 6.54 Å². The summed E-state index contributed by atoms with van der Waals surface area (Å²) >= 11 is 0. The lowest BCUT2D eigenvalue weighted by Crippen LogP contribution is -2.28. The fourth-order valence-electron chi connectivity index (χ4n) is 3.62. The lowest BCUT2D eigenvalue weighted by molar-refractivity contribution is 0.323. The Morgan fingerprint density at radius 2 is 1.81 bits per heavy atom. The highest BCUT2D eigenvalue weighted by molar-refractivity contribution is 5.85. The van der Waals surface area contributed by atoms with Gasteiger partial charge in [0.25, 0.3) is 0 Å². The van der Waals surface area contributed by atoms with Gasteiger partial charge < -0.3 is 5.73 Å². The monoisotopic (exact) mass is 369 g/mol. The van der Waals surface area contributed by atoms with Crippen molar-refractivity contribution in [3.05, 3.63) is 77.9 Å². The summed E-state index contributed by atoms with van der Waals surface area (Å²) in [5.74, 6) is 0.400. The largest absolute Gasteiger partial charge is 0.326 e. The highest BCUT2D eigenvalue weighted by Gasteiger charge is 2.31. The summed E-state index contributed by atoms with van der Waals surface area (Å²) in [5.41, 5.74) is 11.1. The third kappa shape index (κ3) is 3.80. The van der Waals surface area contributed by atoms with E-state index in [2.05, 4.69) is 58.4 Å². The van der Waals surface area contributed by atoms with Crippen LogP contribution in [0.5, 0.6) is 0 Å². The van der Waals surface area contributed by atoms with Crippen LogP contribution in [0.1, 0.15) is 22.7 Å². The number of benzene rings is 1. The number of hydrogen-bond donors (Lipinski definition) is 1. The second kappa shape index (κ2) is 7.99. The number of halogens is 1. The Labute approximate surface area is 160 Å². The third-order valence-corrected chi connectivity index (χ3v) is 4.99. The topological polar surface area (TPSA) is 60.0 Å². The zero-order valence-electron chi connectivity index (χ0n) is 14.8. The summed E-state index contributed by atoms with van der Waals surface area (Å²) in [5, 5.41) is 4.65. The molecule has 1 fully saturated rings. The van der Waals surface area contributed by atoms with E-state index < -0.39 is 0 Å². The zero-order chi connectivity index (χ0) is 17.2. The second-order valence-electron chi connectivity index (χ2n) is 6.76. The minimum Gasteiger partial charge on any atom is -0.326 e. The van der Waals surface area contributed by atoms with E-state index in [1.807, 2.05) is 16.8 Å². The molecule has 3 aromatic rings. The normalized spacial score (nSPS) is 20.1. The summed E-state index contributed by atoms with van der Waals surface area (Å²) in [6.07, 6.45) is 5.69. The molecule has 0 amide bonds. The molecule has 0 spiro atoms. The number of rotatable bonds is 4. The number of aromatic nitrogens is 3. The molecule has 4 rings (SSSR count). The van der Waals surface area contributed by atoms with Crippen LogP contribution in [0.4, 0.5) is 0 Å². The lowest BCUT2D eigenvalue weighted by atomic mass is 9.95. The Morgan fingerprint density at radius 3 is 2.54 bits per heavy atom. The van der Waals surface area contributed by atoms with Crippen molar-refractivity contribution in [3.63, 3.8) is 0 Å². The van der Waals surface area contributed by atoms with Crippen molar-refractivity contribution in [2.75, 3.05) is 13.1 Å². The summed E-state index contributed by atoms with van der Waals surface area (Å²) in [7, 11) is 0. The molecule has 2 atom stereocenters. The average molecular weight is 370 g/mol. The Morgan fingerprint density at radius 1 is 1.08 bits per heavy atom.